The Hall–Kier alpha value is -2.38. The monoisotopic (exact) mass is 294 g/mol. The van der Waals surface area contributed by atoms with Crippen LogP contribution in [-0.2, 0) is 9.53 Å². The number of nitro groups is 1. The molecule has 2 heterocycles. The molecule has 1 aliphatic heterocycles. The van der Waals surface area contributed by atoms with Crippen LogP contribution < -0.4 is 10.6 Å². The van der Waals surface area contributed by atoms with Crippen molar-refractivity contribution in [3.05, 3.63) is 22.2 Å². The number of carbonyl (C=O) groups is 1. The van der Waals surface area contributed by atoms with Crippen molar-refractivity contribution in [2.45, 2.75) is 19.8 Å². The molecule has 0 bridgehead atoms. The van der Waals surface area contributed by atoms with E-state index in [-0.39, 0.29) is 23.4 Å². The fourth-order valence-corrected chi connectivity index (χ4v) is 2.43. The van der Waals surface area contributed by atoms with Crippen LogP contribution in [0.25, 0.3) is 0 Å². The number of rotatable bonds is 4. The summed E-state index contributed by atoms with van der Waals surface area (Å²) in [4.78, 5) is 27.9. The molecule has 1 atom stereocenters. The molecule has 21 heavy (non-hydrogen) atoms. The lowest BCUT2D eigenvalue weighted by Gasteiger charge is -2.32. The Kier molecular flexibility index (Phi) is 4.56. The van der Waals surface area contributed by atoms with Crippen molar-refractivity contribution in [3.63, 3.8) is 0 Å². The zero-order valence-corrected chi connectivity index (χ0v) is 11.8. The predicted octanol–water partition coefficient (Wildman–Crippen LogP) is 1.35. The van der Waals surface area contributed by atoms with Crippen molar-refractivity contribution >= 4 is 23.3 Å². The average Bonchev–Trinajstić information content (AvgIpc) is 2.47. The first-order chi connectivity index (χ1) is 10.0. The van der Waals surface area contributed by atoms with Crippen molar-refractivity contribution in [1.82, 2.24) is 4.98 Å². The molecule has 1 unspecified atom stereocenters. The highest BCUT2D eigenvalue weighted by Gasteiger charge is 2.28. The van der Waals surface area contributed by atoms with Gasteiger partial charge in [0.1, 0.15) is 5.82 Å². The van der Waals surface area contributed by atoms with Crippen molar-refractivity contribution < 1.29 is 14.5 Å². The van der Waals surface area contributed by atoms with Gasteiger partial charge in [-0.1, -0.05) is 0 Å². The van der Waals surface area contributed by atoms with E-state index >= 15 is 0 Å². The quantitative estimate of drug-likeness (QED) is 0.506. The Balaban J connectivity index is 2.12. The normalized spacial score (nSPS) is 18.3. The third kappa shape index (κ3) is 3.39. The van der Waals surface area contributed by atoms with E-state index in [2.05, 4.69) is 4.98 Å². The number of esters is 1. The molecule has 1 aromatic rings. The van der Waals surface area contributed by atoms with Crippen molar-refractivity contribution in [2.24, 2.45) is 5.92 Å². The number of piperidine rings is 1. The minimum absolute atomic E-state index is 0.115. The second-order valence-electron chi connectivity index (χ2n) is 4.87. The Labute approximate surface area is 122 Å². The van der Waals surface area contributed by atoms with Crippen LogP contribution in [0.2, 0.25) is 0 Å². The molecular weight excluding hydrogens is 276 g/mol. The molecule has 0 aliphatic carbocycles. The molecule has 0 saturated carbocycles. The van der Waals surface area contributed by atoms with Gasteiger partial charge in [-0.25, -0.2) is 4.98 Å². The fraction of sp³-hybridized carbons (Fsp3) is 0.538. The number of carbonyl (C=O) groups excluding carboxylic acids is 1. The lowest BCUT2D eigenvalue weighted by molar-refractivity contribution is -0.384. The summed E-state index contributed by atoms with van der Waals surface area (Å²) in [5.41, 5.74) is 5.39. The van der Waals surface area contributed by atoms with E-state index in [1.807, 2.05) is 4.90 Å². The molecule has 8 nitrogen and oxygen atoms in total. The van der Waals surface area contributed by atoms with Crippen molar-refractivity contribution in [2.75, 3.05) is 30.3 Å². The number of pyridine rings is 1. The van der Waals surface area contributed by atoms with Crippen molar-refractivity contribution in [3.8, 4) is 0 Å². The van der Waals surface area contributed by atoms with Gasteiger partial charge in [0.05, 0.1) is 17.4 Å². The molecule has 1 aliphatic rings. The summed E-state index contributed by atoms with van der Waals surface area (Å²) in [6.07, 6.45) is 1.61. The minimum Gasteiger partial charge on any atom is -0.466 e. The molecule has 1 fully saturated rings. The lowest BCUT2D eigenvalue weighted by atomic mass is 9.98. The maximum Gasteiger partial charge on any atom is 0.311 e. The number of ether oxygens (including phenoxy) is 1. The van der Waals surface area contributed by atoms with E-state index in [9.17, 15) is 14.9 Å². The molecule has 2 rings (SSSR count). The zero-order valence-electron chi connectivity index (χ0n) is 11.8. The van der Waals surface area contributed by atoms with Crippen LogP contribution in [0.3, 0.4) is 0 Å². The Bertz CT molecular complexity index is 549. The second kappa shape index (κ2) is 6.38. The molecule has 114 valence electrons. The standard InChI is InChI=1S/C13H18N4O4/c1-2-21-13(18)9-4-3-7-16(8-9)11-6-5-10(17(19)20)12(14)15-11/h5-6,9H,2-4,7-8H2,1H3,(H2,14,15). The van der Waals surface area contributed by atoms with Gasteiger partial charge in [-0.05, 0) is 25.8 Å². The van der Waals surface area contributed by atoms with E-state index < -0.39 is 4.92 Å². The molecule has 8 heteroatoms. The van der Waals surface area contributed by atoms with Gasteiger partial charge in [-0.15, -0.1) is 0 Å². The van der Waals surface area contributed by atoms with Gasteiger partial charge in [0.2, 0.25) is 5.82 Å². The highest BCUT2D eigenvalue weighted by molar-refractivity contribution is 5.73. The van der Waals surface area contributed by atoms with Gasteiger partial charge < -0.3 is 15.4 Å². The van der Waals surface area contributed by atoms with E-state index in [1.54, 1.807) is 13.0 Å². The first kappa shape index (κ1) is 15.0. The highest BCUT2D eigenvalue weighted by Crippen LogP contribution is 2.26. The predicted molar refractivity (Wildman–Crippen MR) is 76.9 cm³/mol. The van der Waals surface area contributed by atoms with Gasteiger partial charge in [0.15, 0.2) is 0 Å². The average molecular weight is 294 g/mol. The third-order valence-electron chi connectivity index (χ3n) is 3.45. The topological polar surface area (TPSA) is 112 Å². The first-order valence-electron chi connectivity index (χ1n) is 6.85. The lowest BCUT2D eigenvalue weighted by Crippen LogP contribution is -2.39. The first-order valence-corrected chi connectivity index (χ1v) is 6.85. The Morgan fingerprint density at radius 2 is 2.38 bits per heavy atom. The molecular formula is C13H18N4O4. The summed E-state index contributed by atoms with van der Waals surface area (Å²) < 4.78 is 5.04. The van der Waals surface area contributed by atoms with Crippen LogP contribution in [0.4, 0.5) is 17.3 Å². The highest BCUT2D eigenvalue weighted by atomic mass is 16.6. The summed E-state index contributed by atoms with van der Waals surface area (Å²) >= 11 is 0. The minimum atomic E-state index is -0.566. The number of aromatic nitrogens is 1. The van der Waals surface area contributed by atoms with Gasteiger partial charge >= 0.3 is 11.7 Å². The summed E-state index contributed by atoms with van der Waals surface area (Å²) in [5.74, 6) is 0.0249. The fourth-order valence-electron chi connectivity index (χ4n) is 2.43. The van der Waals surface area contributed by atoms with E-state index in [1.165, 1.54) is 6.07 Å². The molecule has 1 saturated heterocycles. The van der Waals surface area contributed by atoms with Crippen molar-refractivity contribution in [1.29, 1.82) is 0 Å². The summed E-state index contributed by atoms with van der Waals surface area (Å²) in [5, 5.41) is 10.7. The number of hydrogen-bond donors (Lipinski definition) is 1. The maximum absolute atomic E-state index is 11.8. The van der Waals surface area contributed by atoms with Crippen LogP contribution >= 0.6 is 0 Å². The number of nitrogens with two attached hydrogens (primary N) is 1. The third-order valence-corrected chi connectivity index (χ3v) is 3.45. The summed E-state index contributed by atoms with van der Waals surface area (Å²) in [7, 11) is 0. The zero-order chi connectivity index (χ0) is 15.4. The van der Waals surface area contributed by atoms with Gasteiger partial charge in [0.25, 0.3) is 0 Å². The number of anilines is 2. The van der Waals surface area contributed by atoms with Crippen LogP contribution in [-0.4, -0.2) is 35.6 Å². The van der Waals surface area contributed by atoms with Crippen LogP contribution in [0.1, 0.15) is 19.8 Å². The maximum atomic E-state index is 11.8. The SMILES string of the molecule is CCOC(=O)C1CCCN(c2ccc([N+](=O)[O-])c(N)n2)C1. The summed E-state index contributed by atoms with van der Waals surface area (Å²) in [6, 6.07) is 2.90. The molecule has 0 spiro atoms. The second-order valence-corrected chi connectivity index (χ2v) is 4.87. The van der Waals surface area contributed by atoms with Gasteiger partial charge in [-0.2, -0.15) is 0 Å². The molecule has 0 radical (unpaired) electrons. The number of hydrogen-bond acceptors (Lipinski definition) is 7. The van der Waals surface area contributed by atoms with E-state index in [0.717, 1.165) is 19.4 Å². The largest absolute Gasteiger partial charge is 0.466 e. The summed E-state index contributed by atoms with van der Waals surface area (Å²) in [6.45, 7) is 3.36. The smallest absolute Gasteiger partial charge is 0.311 e. The molecule has 0 amide bonds. The Morgan fingerprint density at radius 1 is 1.62 bits per heavy atom. The molecule has 2 N–H and O–H groups in total. The molecule has 0 aromatic carbocycles. The van der Waals surface area contributed by atoms with Gasteiger partial charge in [0, 0.05) is 19.2 Å². The van der Waals surface area contributed by atoms with Gasteiger partial charge in [-0.3, -0.25) is 14.9 Å². The van der Waals surface area contributed by atoms with Crippen LogP contribution in [0.15, 0.2) is 12.1 Å². The van der Waals surface area contributed by atoms with E-state index in [4.69, 9.17) is 10.5 Å². The van der Waals surface area contributed by atoms with Crippen LogP contribution in [0, 0.1) is 16.0 Å². The van der Waals surface area contributed by atoms with Crippen LogP contribution in [0.5, 0.6) is 0 Å². The number of nitrogens with zero attached hydrogens (tertiary/aromatic N) is 3. The van der Waals surface area contributed by atoms with E-state index in [0.29, 0.717) is 19.0 Å². The number of nitrogen functional groups attached to an aromatic ring is 1. The Morgan fingerprint density at radius 3 is 3.00 bits per heavy atom. The molecule has 1 aromatic heterocycles.